The number of thioether (sulfide) groups is 1. The minimum Gasteiger partial charge on any atom is -0.383 e. The van der Waals surface area contributed by atoms with Crippen molar-refractivity contribution >= 4 is 39.1 Å². The molecule has 1 atom stereocenters. The van der Waals surface area contributed by atoms with Crippen LogP contribution in [0.3, 0.4) is 0 Å². The quantitative estimate of drug-likeness (QED) is 0.845. The van der Waals surface area contributed by atoms with Crippen molar-refractivity contribution in [3.63, 3.8) is 0 Å². The molecule has 0 spiro atoms. The fraction of sp³-hybridized carbons (Fsp3) is 0.455. The molecular weight excluding hydrogens is 238 g/mol. The predicted octanol–water partition coefficient (Wildman–Crippen LogP) is 3.23. The molecule has 16 heavy (non-hydrogen) atoms. The first-order valence-corrected chi connectivity index (χ1v) is 7.39. The first kappa shape index (κ1) is 10.4. The number of aromatic nitrogens is 2. The van der Waals surface area contributed by atoms with Crippen molar-refractivity contribution in [3.8, 4) is 0 Å². The Morgan fingerprint density at radius 3 is 3.06 bits per heavy atom. The van der Waals surface area contributed by atoms with Gasteiger partial charge in [0.05, 0.1) is 10.6 Å². The summed E-state index contributed by atoms with van der Waals surface area (Å²) in [5.74, 6) is 2.78. The Morgan fingerprint density at radius 1 is 1.31 bits per heavy atom. The van der Waals surface area contributed by atoms with Gasteiger partial charge in [-0.2, -0.15) is 11.8 Å². The summed E-state index contributed by atoms with van der Waals surface area (Å²) < 4.78 is 0. The van der Waals surface area contributed by atoms with Crippen molar-refractivity contribution in [1.29, 1.82) is 0 Å². The Kier molecular flexibility index (Phi) is 2.73. The third-order valence-corrected chi connectivity index (χ3v) is 5.02. The molecule has 1 unspecified atom stereocenters. The summed E-state index contributed by atoms with van der Waals surface area (Å²) in [6, 6.07) is 1.99. The largest absolute Gasteiger partial charge is 0.383 e. The summed E-state index contributed by atoms with van der Waals surface area (Å²) in [4.78, 5) is 10.1. The number of rotatable bonds is 1. The van der Waals surface area contributed by atoms with Crippen molar-refractivity contribution in [2.45, 2.75) is 24.5 Å². The molecule has 2 N–H and O–H groups in total. The van der Waals surface area contributed by atoms with E-state index < -0.39 is 0 Å². The van der Waals surface area contributed by atoms with Gasteiger partial charge >= 0.3 is 0 Å². The van der Waals surface area contributed by atoms with E-state index in [2.05, 4.69) is 9.97 Å². The molecule has 5 heteroatoms. The van der Waals surface area contributed by atoms with Crippen LogP contribution in [0.5, 0.6) is 0 Å². The molecule has 0 saturated carbocycles. The van der Waals surface area contributed by atoms with Gasteiger partial charge < -0.3 is 5.73 Å². The Balaban J connectivity index is 2.02. The van der Waals surface area contributed by atoms with Gasteiger partial charge in [-0.1, -0.05) is 6.42 Å². The van der Waals surface area contributed by atoms with Gasteiger partial charge in [0.15, 0.2) is 0 Å². The molecule has 3 rings (SSSR count). The number of hydrogen-bond acceptors (Lipinski definition) is 5. The van der Waals surface area contributed by atoms with Crippen LogP contribution in [-0.4, -0.2) is 15.7 Å². The standard InChI is InChI=1S/C11H13N3S2/c12-9-7-4-6-16-11(7)14-10(13-9)8-3-1-2-5-15-8/h4,6,8H,1-3,5H2,(H2,12,13,14). The van der Waals surface area contributed by atoms with Crippen LogP contribution in [0.15, 0.2) is 11.4 Å². The molecule has 3 nitrogen and oxygen atoms in total. The van der Waals surface area contributed by atoms with Gasteiger partial charge in [0.1, 0.15) is 16.5 Å². The fourth-order valence-corrected chi connectivity index (χ4v) is 4.01. The van der Waals surface area contributed by atoms with Crippen molar-refractivity contribution in [2.75, 3.05) is 11.5 Å². The van der Waals surface area contributed by atoms with Gasteiger partial charge in [-0.25, -0.2) is 9.97 Å². The van der Waals surface area contributed by atoms with Gasteiger partial charge in [0.25, 0.3) is 0 Å². The van der Waals surface area contributed by atoms with Crippen LogP contribution in [0.1, 0.15) is 30.3 Å². The van der Waals surface area contributed by atoms with Crippen molar-refractivity contribution in [3.05, 3.63) is 17.3 Å². The lowest BCUT2D eigenvalue weighted by Gasteiger charge is -2.19. The highest BCUT2D eigenvalue weighted by Crippen LogP contribution is 2.38. The van der Waals surface area contributed by atoms with Crippen LogP contribution in [0.2, 0.25) is 0 Å². The molecule has 0 aliphatic carbocycles. The Morgan fingerprint density at radius 2 is 2.25 bits per heavy atom. The maximum Gasteiger partial charge on any atom is 0.145 e. The third kappa shape index (κ3) is 1.78. The number of anilines is 1. The van der Waals surface area contributed by atoms with Crippen LogP contribution in [-0.2, 0) is 0 Å². The fourth-order valence-electron chi connectivity index (χ4n) is 1.98. The zero-order valence-electron chi connectivity index (χ0n) is 8.85. The topological polar surface area (TPSA) is 51.8 Å². The molecule has 0 bridgehead atoms. The van der Waals surface area contributed by atoms with E-state index >= 15 is 0 Å². The smallest absolute Gasteiger partial charge is 0.145 e. The highest BCUT2D eigenvalue weighted by molar-refractivity contribution is 7.99. The van der Waals surface area contributed by atoms with Crippen molar-refractivity contribution in [2.24, 2.45) is 0 Å². The summed E-state index contributed by atoms with van der Waals surface area (Å²) in [5.41, 5.74) is 5.95. The van der Waals surface area contributed by atoms with Crippen molar-refractivity contribution in [1.82, 2.24) is 9.97 Å². The van der Waals surface area contributed by atoms with Gasteiger partial charge in [0.2, 0.25) is 0 Å². The van der Waals surface area contributed by atoms with Gasteiger partial charge in [-0.15, -0.1) is 11.3 Å². The first-order valence-electron chi connectivity index (χ1n) is 5.47. The maximum atomic E-state index is 5.95. The molecule has 1 saturated heterocycles. The monoisotopic (exact) mass is 251 g/mol. The van der Waals surface area contributed by atoms with Crippen molar-refractivity contribution < 1.29 is 0 Å². The van der Waals surface area contributed by atoms with E-state index in [0.29, 0.717) is 11.1 Å². The predicted molar refractivity (Wildman–Crippen MR) is 70.9 cm³/mol. The van der Waals surface area contributed by atoms with Crippen LogP contribution < -0.4 is 5.73 Å². The summed E-state index contributed by atoms with van der Waals surface area (Å²) >= 11 is 3.60. The average Bonchev–Trinajstić information content (AvgIpc) is 2.79. The SMILES string of the molecule is Nc1nc(C2CCCCS2)nc2sccc12. The third-order valence-electron chi connectivity index (χ3n) is 2.84. The first-order chi connectivity index (χ1) is 7.84. The van der Waals surface area contributed by atoms with Crippen LogP contribution in [0.25, 0.3) is 10.2 Å². The molecule has 0 aromatic carbocycles. The maximum absolute atomic E-state index is 5.95. The zero-order chi connectivity index (χ0) is 11.0. The molecule has 2 aromatic heterocycles. The summed E-state index contributed by atoms with van der Waals surface area (Å²) in [5, 5.41) is 3.46. The highest BCUT2D eigenvalue weighted by Gasteiger charge is 2.20. The van der Waals surface area contributed by atoms with E-state index in [1.165, 1.54) is 25.0 Å². The Hall–Kier alpha value is -0.810. The van der Waals surface area contributed by atoms with E-state index in [-0.39, 0.29) is 0 Å². The molecule has 1 aliphatic heterocycles. The van der Waals surface area contributed by atoms with Gasteiger partial charge in [-0.3, -0.25) is 0 Å². The summed E-state index contributed by atoms with van der Waals surface area (Å²) in [6.45, 7) is 0. The average molecular weight is 251 g/mol. The van der Waals surface area contributed by atoms with E-state index in [4.69, 9.17) is 5.73 Å². The zero-order valence-corrected chi connectivity index (χ0v) is 10.5. The second kappa shape index (κ2) is 4.22. The molecule has 0 amide bonds. The van der Waals surface area contributed by atoms with Crippen LogP contribution >= 0.6 is 23.1 Å². The number of thiophene rings is 1. The molecule has 2 aromatic rings. The second-order valence-electron chi connectivity index (χ2n) is 3.96. The molecule has 84 valence electrons. The second-order valence-corrected chi connectivity index (χ2v) is 6.17. The number of nitrogens with two attached hydrogens (primary N) is 1. The molecule has 1 aliphatic rings. The van der Waals surface area contributed by atoms with Crippen LogP contribution in [0.4, 0.5) is 5.82 Å². The van der Waals surface area contributed by atoms with E-state index in [9.17, 15) is 0 Å². The number of nitrogens with zero attached hydrogens (tertiary/aromatic N) is 2. The summed E-state index contributed by atoms with van der Waals surface area (Å²) in [7, 11) is 0. The highest BCUT2D eigenvalue weighted by atomic mass is 32.2. The lowest BCUT2D eigenvalue weighted by atomic mass is 10.2. The lowest BCUT2D eigenvalue weighted by molar-refractivity contribution is 0.665. The molecule has 3 heterocycles. The molecular formula is C11H13N3S2. The lowest BCUT2D eigenvalue weighted by Crippen LogP contribution is -2.08. The van der Waals surface area contributed by atoms with E-state index in [0.717, 1.165) is 16.0 Å². The molecule has 0 radical (unpaired) electrons. The normalized spacial score (nSPS) is 21.4. The number of nitrogen functional groups attached to an aromatic ring is 1. The van der Waals surface area contributed by atoms with E-state index in [1.54, 1.807) is 11.3 Å². The van der Waals surface area contributed by atoms with Gasteiger partial charge in [-0.05, 0) is 30.0 Å². The Labute approximate surface area is 102 Å². The number of fused-ring (bicyclic) bond motifs is 1. The van der Waals surface area contributed by atoms with Crippen LogP contribution in [0, 0.1) is 0 Å². The van der Waals surface area contributed by atoms with E-state index in [1.807, 2.05) is 23.2 Å². The molecule has 1 fully saturated rings. The minimum absolute atomic E-state index is 0.447. The van der Waals surface area contributed by atoms with Gasteiger partial charge in [0, 0.05) is 0 Å². The Bertz CT molecular complexity index is 503. The minimum atomic E-state index is 0.447. The number of hydrogen-bond donors (Lipinski definition) is 1. The summed E-state index contributed by atoms with van der Waals surface area (Å²) in [6.07, 6.45) is 3.78.